The summed E-state index contributed by atoms with van der Waals surface area (Å²) in [5.41, 5.74) is 0.902. The molecule has 0 aliphatic heterocycles. The van der Waals surface area contributed by atoms with E-state index >= 15 is 0 Å². The molecule has 0 aliphatic rings. The average molecular weight is 385 g/mol. The van der Waals surface area contributed by atoms with E-state index in [0.29, 0.717) is 10.8 Å². The summed E-state index contributed by atoms with van der Waals surface area (Å²) in [4.78, 5) is 13.3. The number of esters is 1. The Morgan fingerprint density at radius 2 is 2.24 bits per heavy atom. The molecule has 0 amide bonds. The molecule has 0 aromatic carbocycles. The maximum Gasteiger partial charge on any atom is 0.349 e. The summed E-state index contributed by atoms with van der Waals surface area (Å²) in [6.45, 7) is 1.84. The van der Waals surface area contributed by atoms with Crippen LogP contribution in [0, 0.1) is 6.92 Å². The molecular weight excluding hydrogens is 376 g/mol. The Balaban J connectivity index is 1.65. The minimum Gasteiger partial charge on any atom is -0.451 e. The van der Waals surface area contributed by atoms with Crippen LogP contribution in [0.5, 0.6) is 0 Å². The number of hydrogen-bond acceptors (Lipinski definition) is 7. The molecule has 8 heteroatoms. The van der Waals surface area contributed by atoms with Crippen LogP contribution in [-0.4, -0.2) is 16.2 Å². The first-order valence-corrected chi connectivity index (χ1v) is 8.41. The zero-order valence-corrected chi connectivity index (χ0v) is 14.0. The normalized spacial score (nSPS) is 10.8. The minimum absolute atomic E-state index is 0.0320. The molecule has 5 nitrogen and oxygen atoms in total. The van der Waals surface area contributed by atoms with E-state index in [2.05, 4.69) is 26.1 Å². The van der Waals surface area contributed by atoms with Gasteiger partial charge < -0.3 is 9.15 Å². The lowest BCUT2D eigenvalue weighted by molar-refractivity contribution is 0.0444. The molecule has 3 aromatic rings. The third-order valence-corrected chi connectivity index (χ3v) is 5.23. The lowest BCUT2D eigenvalue weighted by Gasteiger charge is -2.00. The van der Waals surface area contributed by atoms with Crippen molar-refractivity contribution in [2.45, 2.75) is 13.5 Å². The molecule has 0 N–H and O–H groups in total. The lowest BCUT2D eigenvalue weighted by Crippen LogP contribution is -2.04. The Bertz CT molecular complexity index is 778. The van der Waals surface area contributed by atoms with Crippen LogP contribution < -0.4 is 0 Å². The molecule has 0 saturated carbocycles. The van der Waals surface area contributed by atoms with Crippen LogP contribution >= 0.6 is 38.6 Å². The zero-order chi connectivity index (χ0) is 14.8. The van der Waals surface area contributed by atoms with Gasteiger partial charge in [-0.3, -0.25) is 0 Å². The number of carbonyl (C=O) groups excluding carboxylic acids is 1. The van der Waals surface area contributed by atoms with E-state index in [1.54, 1.807) is 0 Å². The molecule has 0 bridgehead atoms. The molecular formula is C13H9BrN2O3S2. The van der Waals surface area contributed by atoms with Crippen molar-refractivity contribution in [1.29, 1.82) is 0 Å². The van der Waals surface area contributed by atoms with Crippen molar-refractivity contribution >= 4 is 44.6 Å². The van der Waals surface area contributed by atoms with Gasteiger partial charge in [-0.1, -0.05) is 0 Å². The predicted octanol–water partition coefficient (Wildman–Crippen LogP) is 4.29. The van der Waals surface area contributed by atoms with E-state index in [4.69, 9.17) is 9.15 Å². The van der Waals surface area contributed by atoms with Gasteiger partial charge in [-0.2, -0.15) is 0 Å². The number of halogens is 1. The van der Waals surface area contributed by atoms with Gasteiger partial charge in [0.05, 0.1) is 8.66 Å². The second-order valence-corrected chi connectivity index (χ2v) is 7.49. The van der Waals surface area contributed by atoms with Gasteiger partial charge in [0, 0.05) is 0 Å². The molecule has 0 spiro atoms. The third kappa shape index (κ3) is 3.22. The van der Waals surface area contributed by atoms with Crippen molar-refractivity contribution < 1.29 is 13.9 Å². The van der Waals surface area contributed by atoms with E-state index in [0.717, 1.165) is 14.2 Å². The number of carbonyl (C=O) groups is 1. The first-order valence-electron chi connectivity index (χ1n) is 5.93. The van der Waals surface area contributed by atoms with Gasteiger partial charge in [-0.25, -0.2) is 4.79 Å². The van der Waals surface area contributed by atoms with Crippen LogP contribution in [-0.2, 0) is 11.3 Å². The van der Waals surface area contributed by atoms with Crippen LogP contribution in [0.15, 0.2) is 31.8 Å². The lowest BCUT2D eigenvalue weighted by atomic mass is 10.3. The molecule has 0 radical (unpaired) electrons. The minimum atomic E-state index is -0.374. The van der Waals surface area contributed by atoms with Crippen LogP contribution in [0.3, 0.4) is 0 Å². The van der Waals surface area contributed by atoms with Gasteiger partial charge in [0.15, 0.2) is 6.61 Å². The standard InChI is InChI=1S/C13H9BrN2O3S2/c1-7-4-5-20-11(7)13(17)18-6-10-15-16-12(19-10)8-2-3-9(14)21-8/h2-5H,6H2,1H3. The highest BCUT2D eigenvalue weighted by Crippen LogP contribution is 2.30. The summed E-state index contributed by atoms with van der Waals surface area (Å²) in [5.74, 6) is 0.322. The Hall–Kier alpha value is -1.51. The van der Waals surface area contributed by atoms with Gasteiger partial charge in [-0.15, -0.1) is 32.9 Å². The first kappa shape index (κ1) is 14.4. The summed E-state index contributed by atoms with van der Waals surface area (Å²) >= 11 is 6.22. The number of nitrogens with zero attached hydrogens (tertiary/aromatic N) is 2. The van der Waals surface area contributed by atoms with E-state index in [-0.39, 0.29) is 18.5 Å². The van der Waals surface area contributed by atoms with Crippen molar-refractivity contribution in [3.8, 4) is 10.8 Å². The van der Waals surface area contributed by atoms with Gasteiger partial charge in [0.2, 0.25) is 0 Å². The summed E-state index contributed by atoms with van der Waals surface area (Å²) < 4.78 is 11.6. The molecule has 0 fully saturated rings. The van der Waals surface area contributed by atoms with Crippen molar-refractivity contribution in [2.24, 2.45) is 0 Å². The molecule has 108 valence electrons. The van der Waals surface area contributed by atoms with Crippen LogP contribution in [0.25, 0.3) is 10.8 Å². The van der Waals surface area contributed by atoms with Crippen molar-refractivity contribution in [1.82, 2.24) is 10.2 Å². The predicted molar refractivity (Wildman–Crippen MR) is 83.5 cm³/mol. The van der Waals surface area contributed by atoms with Crippen molar-refractivity contribution in [3.05, 3.63) is 43.7 Å². The fraction of sp³-hybridized carbons (Fsp3) is 0.154. The molecule has 0 aliphatic carbocycles. The molecule has 0 atom stereocenters. The number of ether oxygens (including phenoxy) is 1. The Labute approximate surface area is 136 Å². The quantitative estimate of drug-likeness (QED) is 0.627. The molecule has 0 unspecified atom stereocenters. The summed E-state index contributed by atoms with van der Waals surface area (Å²) in [5, 5.41) is 9.67. The highest BCUT2D eigenvalue weighted by Gasteiger charge is 2.15. The van der Waals surface area contributed by atoms with E-state index in [9.17, 15) is 4.79 Å². The molecule has 3 aromatic heterocycles. The van der Waals surface area contributed by atoms with Gasteiger partial charge in [-0.05, 0) is 52.0 Å². The van der Waals surface area contributed by atoms with Crippen LogP contribution in [0.1, 0.15) is 21.1 Å². The highest BCUT2D eigenvalue weighted by atomic mass is 79.9. The molecule has 3 rings (SSSR count). The number of aryl methyl sites for hydroxylation is 1. The SMILES string of the molecule is Cc1ccsc1C(=O)OCc1nnc(-c2ccc(Br)s2)o1. The van der Waals surface area contributed by atoms with Crippen molar-refractivity contribution in [2.75, 3.05) is 0 Å². The van der Waals surface area contributed by atoms with Gasteiger partial charge in [0.1, 0.15) is 4.88 Å². The Morgan fingerprint density at radius 1 is 1.38 bits per heavy atom. The van der Waals surface area contributed by atoms with Crippen molar-refractivity contribution in [3.63, 3.8) is 0 Å². The number of rotatable bonds is 4. The Morgan fingerprint density at radius 3 is 2.90 bits per heavy atom. The number of hydrogen-bond donors (Lipinski definition) is 0. The average Bonchev–Trinajstić information content (AvgIpc) is 3.16. The van der Waals surface area contributed by atoms with Gasteiger partial charge >= 0.3 is 5.97 Å². The number of thiophene rings is 2. The largest absolute Gasteiger partial charge is 0.451 e. The summed E-state index contributed by atoms with van der Waals surface area (Å²) in [7, 11) is 0. The first-order chi connectivity index (χ1) is 10.1. The molecule has 0 saturated heterocycles. The van der Waals surface area contributed by atoms with Crippen LogP contribution in [0.2, 0.25) is 0 Å². The smallest absolute Gasteiger partial charge is 0.349 e. The second-order valence-electron chi connectivity index (χ2n) is 4.11. The molecule has 21 heavy (non-hydrogen) atoms. The number of aromatic nitrogens is 2. The topological polar surface area (TPSA) is 65.2 Å². The van der Waals surface area contributed by atoms with E-state index in [1.807, 2.05) is 30.5 Å². The van der Waals surface area contributed by atoms with E-state index < -0.39 is 0 Å². The van der Waals surface area contributed by atoms with Gasteiger partial charge in [0.25, 0.3) is 11.8 Å². The maximum absolute atomic E-state index is 11.9. The van der Waals surface area contributed by atoms with E-state index in [1.165, 1.54) is 22.7 Å². The zero-order valence-electron chi connectivity index (χ0n) is 10.8. The second kappa shape index (κ2) is 6.08. The fourth-order valence-corrected chi connectivity index (χ4v) is 3.74. The Kier molecular flexibility index (Phi) is 4.18. The fourth-order valence-electron chi connectivity index (χ4n) is 1.62. The third-order valence-electron chi connectivity index (χ3n) is 2.63. The summed E-state index contributed by atoms with van der Waals surface area (Å²) in [6, 6.07) is 5.66. The highest BCUT2D eigenvalue weighted by molar-refractivity contribution is 9.11. The maximum atomic E-state index is 11.9. The molecule has 3 heterocycles. The summed E-state index contributed by atoms with van der Waals surface area (Å²) in [6.07, 6.45) is 0. The van der Waals surface area contributed by atoms with Crippen LogP contribution in [0.4, 0.5) is 0 Å². The monoisotopic (exact) mass is 384 g/mol.